The zero-order valence-electron chi connectivity index (χ0n) is 11.2. The second-order valence-corrected chi connectivity index (χ2v) is 5.58. The Morgan fingerprint density at radius 2 is 1.84 bits per heavy atom. The number of rotatable bonds is 3. The van der Waals surface area contributed by atoms with Crippen LogP contribution in [0.5, 0.6) is 0 Å². The Balaban J connectivity index is 3.00. The van der Waals surface area contributed by atoms with E-state index in [0.29, 0.717) is 16.4 Å². The van der Waals surface area contributed by atoms with E-state index >= 15 is 0 Å². The van der Waals surface area contributed by atoms with Crippen molar-refractivity contribution in [2.45, 2.75) is 20.8 Å². The molecule has 0 saturated heterocycles. The van der Waals surface area contributed by atoms with Crippen molar-refractivity contribution in [3.05, 3.63) is 23.2 Å². The first kappa shape index (κ1) is 15.5. The van der Waals surface area contributed by atoms with Gasteiger partial charge in [-0.15, -0.1) is 0 Å². The van der Waals surface area contributed by atoms with Crippen LogP contribution in [0.3, 0.4) is 0 Å². The predicted molar refractivity (Wildman–Crippen MR) is 77.2 cm³/mol. The molecule has 5 nitrogen and oxygen atoms in total. The van der Waals surface area contributed by atoms with Gasteiger partial charge in [0.25, 0.3) is 0 Å². The largest absolute Gasteiger partial charge is 0.324 e. The van der Waals surface area contributed by atoms with Crippen LogP contribution in [0.2, 0.25) is 5.02 Å². The van der Waals surface area contributed by atoms with Gasteiger partial charge in [-0.25, -0.2) is 0 Å². The highest BCUT2D eigenvalue weighted by atomic mass is 35.5. The summed E-state index contributed by atoms with van der Waals surface area (Å²) in [6, 6.07) is 4.84. The van der Waals surface area contributed by atoms with Gasteiger partial charge in [-0.2, -0.15) is 0 Å². The Morgan fingerprint density at radius 1 is 1.21 bits per heavy atom. The van der Waals surface area contributed by atoms with E-state index in [9.17, 15) is 9.59 Å². The number of carbonyl (C=O) groups excluding carboxylic acids is 2. The summed E-state index contributed by atoms with van der Waals surface area (Å²) in [7, 11) is 0. The maximum Gasteiger partial charge on any atom is 0.238 e. The number of benzene rings is 1. The standard InChI is InChI=1S/C13H18ClN3O2/c1-13(2,3)12(19)17-9-5-4-8(14)6-10(9)16-11(18)7-15/h4-6H,7,15H2,1-3H3,(H,16,18)(H,17,19). The van der Waals surface area contributed by atoms with Gasteiger partial charge in [-0.3, -0.25) is 9.59 Å². The third kappa shape index (κ3) is 4.54. The number of halogens is 1. The molecule has 104 valence electrons. The van der Waals surface area contributed by atoms with Crippen LogP contribution in [0.25, 0.3) is 0 Å². The molecule has 0 unspecified atom stereocenters. The summed E-state index contributed by atoms with van der Waals surface area (Å²) in [5.41, 5.74) is 5.64. The molecule has 0 fully saturated rings. The van der Waals surface area contributed by atoms with Crippen LogP contribution in [-0.2, 0) is 9.59 Å². The monoisotopic (exact) mass is 283 g/mol. The molecule has 4 N–H and O–H groups in total. The molecule has 0 heterocycles. The molecule has 0 spiro atoms. The Hall–Kier alpha value is -1.59. The summed E-state index contributed by atoms with van der Waals surface area (Å²) in [5, 5.41) is 5.81. The molecule has 1 aromatic rings. The molecular formula is C13H18ClN3O2. The summed E-state index contributed by atoms with van der Waals surface area (Å²) >= 11 is 5.87. The zero-order valence-corrected chi connectivity index (χ0v) is 12.0. The Morgan fingerprint density at radius 3 is 2.37 bits per heavy atom. The molecule has 0 atom stereocenters. The van der Waals surface area contributed by atoms with Crippen LogP contribution >= 0.6 is 11.6 Å². The van der Waals surface area contributed by atoms with Crippen molar-refractivity contribution < 1.29 is 9.59 Å². The predicted octanol–water partition coefficient (Wildman–Crippen LogP) is 2.22. The van der Waals surface area contributed by atoms with Crippen molar-refractivity contribution in [3.8, 4) is 0 Å². The van der Waals surface area contributed by atoms with Crippen molar-refractivity contribution in [1.29, 1.82) is 0 Å². The van der Waals surface area contributed by atoms with Crippen molar-refractivity contribution in [2.24, 2.45) is 11.1 Å². The van der Waals surface area contributed by atoms with Crippen molar-refractivity contribution in [2.75, 3.05) is 17.2 Å². The molecule has 6 heteroatoms. The lowest BCUT2D eigenvalue weighted by molar-refractivity contribution is -0.123. The summed E-state index contributed by atoms with van der Waals surface area (Å²) in [6.07, 6.45) is 0. The molecule has 0 aliphatic rings. The maximum absolute atomic E-state index is 11.9. The van der Waals surface area contributed by atoms with Crippen LogP contribution < -0.4 is 16.4 Å². The summed E-state index contributed by atoms with van der Waals surface area (Å²) in [4.78, 5) is 23.3. The van der Waals surface area contributed by atoms with E-state index in [1.54, 1.807) is 39.0 Å². The average Bonchev–Trinajstić information content (AvgIpc) is 2.31. The number of hydrogen-bond donors (Lipinski definition) is 3. The van der Waals surface area contributed by atoms with E-state index in [0.717, 1.165) is 0 Å². The third-order valence-corrected chi connectivity index (χ3v) is 2.61. The fourth-order valence-electron chi connectivity index (χ4n) is 1.24. The van der Waals surface area contributed by atoms with Crippen LogP contribution in [0.15, 0.2) is 18.2 Å². The summed E-state index contributed by atoms with van der Waals surface area (Å²) in [6.45, 7) is 5.27. The van der Waals surface area contributed by atoms with Crippen LogP contribution in [-0.4, -0.2) is 18.4 Å². The lowest BCUT2D eigenvalue weighted by Crippen LogP contribution is -2.28. The smallest absolute Gasteiger partial charge is 0.238 e. The molecule has 0 aromatic heterocycles. The van der Waals surface area contributed by atoms with E-state index < -0.39 is 5.41 Å². The number of hydrogen-bond acceptors (Lipinski definition) is 3. The molecule has 0 saturated carbocycles. The van der Waals surface area contributed by atoms with E-state index in [4.69, 9.17) is 17.3 Å². The van der Waals surface area contributed by atoms with E-state index in [1.165, 1.54) is 0 Å². The minimum Gasteiger partial charge on any atom is -0.324 e. The van der Waals surface area contributed by atoms with Crippen molar-refractivity contribution >= 4 is 34.8 Å². The minimum absolute atomic E-state index is 0.140. The van der Waals surface area contributed by atoms with E-state index in [1.807, 2.05) is 0 Å². The van der Waals surface area contributed by atoms with Gasteiger partial charge < -0.3 is 16.4 Å². The maximum atomic E-state index is 11.9. The van der Waals surface area contributed by atoms with Gasteiger partial charge in [-0.05, 0) is 18.2 Å². The van der Waals surface area contributed by atoms with E-state index in [2.05, 4.69) is 10.6 Å². The van der Waals surface area contributed by atoms with Gasteiger partial charge >= 0.3 is 0 Å². The number of anilines is 2. The SMILES string of the molecule is CC(C)(C)C(=O)Nc1ccc(Cl)cc1NC(=O)CN. The normalized spacial score (nSPS) is 11.0. The van der Waals surface area contributed by atoms with Gasteiger partial charge in [0.15, 0.2) is 0 Å². The molecule has 0 aliphatic carbocycles. The average molecular weight is 284 g/mol. The van der Waals surface area contributed by atoms with Gasteiger partial charge in [-0.1, -0.05) is 32.4 Å². The van der Waals surface area contributed by atoms with Crippen molar-refractivity contribution in [3.63, 3.8) is 0 Å². The molecule has 0 bridgehead atoms. The Kier molecular flexibility index (Phi) is 4.91. The highest BCUT2D eigenvalue weighted by molar-refractivity contribution is 6.31. The molecule has 0 radical (unpaired) electrons. The van der Waals surface area contributed by atoms with Crippen LogP contribution in [0.1, 0.15) is 20.8 Å². The van der Waals surface area contributed by atoms with Gasteiger partial charge in [0, 0.05) is 10.4 Å². The minimum atomic E-state index is -0.533. The highest BCUT2D eigenvalue weighted by Crippen LogP contribution is 2.27. The molecule has 2 amide bonds. The summed E-state index contributed by atoms with van der Waals surface area (Å²) < 4.78 is 0. The lowest BCUT2D eigenvalue weighted by Gasteiger charge is -2.19. The number of nitrogens with two attached hydrogens (primary N) is 1. The molecule has 0 aliphatic heterocycles. The number of nitrogens with one attached hydrogen (secondary N) is 2. The molecule has 1 aromatic carbocycles. The lowest BCUT2D eigenvalue weighted by atomic mass is 9.95. The first-order valence-corrected chi connectivity index (χ1v) is 6.23. The topological polar surface area (TPSA) is 84.2 Å². The van der Waals surface area contributed by atoms with Crippen LogP contribution in [0.4, 0.5) is 11.4 Å². The fraction of sp³-hybridized carbons (Fsp3) is 0.385. The second kappa shape index (κ2) is 6.04. The zero-order chi connectivity index (χ0) is 14.6. The summed E-state index contributed by atoms with van der Waals surface area (Å²) in [5.74, 6) is -0.508. The van der Waals surface area contributed by atoms with Crippen molar-refractivity contribution in [1.82, 2.24) is 0 Å². The van der Waals surface area contributed by atoms with E-state index in [-0.39, 0.29) is 18.4 Å². The van der Waals surface area contributed by atoms with Crippen LogP contribution in [0, 0.1) is 5.41 Å². The number of carbonyl (C=O) groups is 2. The Bertz CT molecular complexity index is 495. The first-order valence-electron chi connectivity index (χ1n) is 5.85. The fourth-order valence-corrected chi connectivity index (χ4v) is 1.41. The van der Waals surface area contributed by atoms with Gasteiger partial charge in [0.05, 0.1) is 17.9 Å². The van der Waals surface area contributed by atoms with Gasteiger partial charge in [0.2, 0.25) is 11.8 Å². The second-order valence-electron chi connectivity index (χ2n) is 5.15. The molecule has 19 heavy (non-hydrogen) atoms. The van der Waals surface area contributed by atoms with Gasteiger partial charge in [0.1, 0.15) is 0 Å². The Labute approximate surface area is 117 Å². The quantitative estimate of drug-likeness (QED) is 0.795. The highest BCUT2D eigenvalue weighted by Gasteiger charge is 2.22. The molecular weight excluding hydrogens is 266 g/mol. The third-order valence-electron chi connectivity index (χ3n) is 2.37. The number of amides is 2. The molecule has 1 rings (SSSR count). The first-order chi connectivity index (χ1) is 8.74.